The van der Waals surface area contributed by atoms with E-state index in [1.54, 1.807) is 12.3 Å². The molecule has 9 nitrogen and oxygen atoms in total. The molecule has 0 spiro atoms. The first-order valence-electron chi connectivity index (χ1n) is 11.4. The van der Waals surface area contributed by atoms with Gasteiger partial charge in [-0.3, -0.25) is 5.10 Å². The van der Waals surface area contributed by atoms with Gasteiger partial charge in [0.05, 0.1) is 0 Å². The van der Waals surface area contributed by atoms with Gasteiger partial charge in [0, 0.05) is 40.9 Å². The molecular weight excluding hydrogens is 428 g/mol. The van der Waals surface area contributed by atoms with Gasteiger partial charge < -0.3 is 21.3 Å². The molecule has 2 aromatic carbocycles. The second kappa shape index (κ2) is 10.0. The van der Waals surface area contributed by atoms with Crippen LogP contribution in [0.2, 0.25) is 0 Å². The van der Waals surface area contributed by atoms with Crippen molar-refractivity contribution in [2.75, 3.05) is 21.3 Å². The largest absolute Gasteiger partial charge is 0.324 e. The summed E-state index contributed by atoms with van der Waals surface area (Å²) in [6, 6.07) is 20.2. The van der Waals surface area contributed by atoms with Crippen LogP contribution in [0.15, 0.2) is 72.9 Å². The molecule has 0 bridgehead atoms. The third-order valence-electron chi connectivity index (χ3n) is 5.73. The number of nitrogens with one attached hydrogen (secondary N) is 5. The number of urea groups is 1. The van der Waals surface area contributed by atoms with Gasteiger partial charge >= 0.3 is 6.03 Å². The van der Waals surface area contributed by atoms with Gasteiger partial charge in [-0.1, -0.05) is 31.0 Å². The summed E-state index contributed by atoms with van der Waals surface area (Å²) in [6.07, 6.45) is 6.69. The molecule has 34 heavy (non-hydrogen) atoms. The van der Waals surface area contributed by atoms with Gasteiger partial charge in [-0.25, -0.2) is 9.78 Å². The molecule has 0 unspecified atom stereocenters. The molecule has 1 fully saturated rings. The number of amides is 2. The number of rotatable bonds is 7. The Bertz CT molecular complexity index is 1230. The van der Waals surface area contributed by atoms with Crippen molar-refractivity contribution in [2.24, 2.45) is 0 Å². The van der Waals surface area contributed by atoms with Gasteiger partial charge in [0.15, 0.2) is 5.82 Å². The summed E-state index contributed by atoms with van der Waals surface area (Å²) < 4.78 is 0. The van der Waals surface area contributed by atoms with Crippen molar-refractivity contribution < 1.29 is 4.79 Å². The first-order chi connectivity index (χ1) is 16.7. The molecule has 2 aromatic heterocycles. The fraction of sp³-hybridized carbons (Fsp3) is 0.200. The first-order valence-corrected chi connectivity index (χ1v) is 11.4. The summed E-state index contributed by atoms with van der Waals surface area (Å²) in [4.78, 5) is 21.0. The summed E-state index contributed by atoms with van der Waals surface area (Å²) in [6.45, 7) is 0. The number of hydrogen-bond acceptors (Lipinski definition) is 6. The van der Waals surface area contributed by atoms with Crippen LogP contribution >= 0.6 is 0 Å². The molecule has 2 amide bonds. The van der Waals surface area contributed by atoms with Crippen LogP contribution < -0.4 is 21.3 Å². The maximum atomic E-state index is 12.1. The number of anilines is 6. The maximum absolute atomic E-state index is 12.1. The Morgan fingerprint density at radius 3 is 2.29 bits per heavy atom. The molecular formula is C25H26N8O. The number of aromatic nitrogens is 4. The van der Waals surface area contributed by atoms with Gasteiger partial charge in [-0.2, -0.15) is 10.1 Å². The summed E-state index contributed by atoms with van der Waals surface area (Å²) in [5.41, 5.74) is 3.38. The normalized spacial score (nSPS) is 13.4. The molecule has 172 valence electrons. The number of aromatic amines is 1. The SMILES string of the molecule is O=C(Nc1ccccc1)Nc1ccc(Nc2nccc(Nc3cc(C4CCCC4)[nH]n3)n2)cc1. The molecule has 4 aromatic rings. The third-order valence-corrected chi connectivity index (χ3v) is 5.73. The Hall–Kier alpha value is -4.40. The molecule has 1 saturated carbocycles. The van der Waals surface area contributed by atoms with E-state index in [0.717, 1.165) is 17.2 Å². The standard InChI is InChI=1S/C25H26N8O/c34-25(28-18-8-2-1-3-9-18)29-20-12-10-19(11-13-20)27-24-26-15-14-22(31-24)30-23-16-21(32-33-23)17-6-4-5-7-17/h1-3,8-17H,4-7H2,(H2,28,29,34)(H3,26,27,30,31,32,33). The highest BCUT2D eigenvalue weighted by molar-refractivity contribution is 5.99. The van der Waals surface area contributed by atoms with Crippen molar-refractivity contribution in [1.29, 1.82) is 0 Å². The summed E-state index contributed by atoms with van der Waals surface area (Å²) >= 11 is 0. The van der Waals surface area contributed by atoms with Crippen molar-refractivity contribution in [3.63, 3.8) is 0 Å². The smallest absolute Gasteiger partial charge is 0.323 e. The predicted octanol–water partition coefficient (Wildman–Crippen LogP) is 5.99. The van der Waals surface area contributed by atoms with Gasteiger partial charge in [-0.05, 0) is 55.3 Å². The van der Waals surface area contributed by atoms with Crippen molar-refractivity contribution in [2.45, 2.75) is 31.6 Å². The summed E-state index contributed by atoms with van der Waals surface area (Å²) in [7, 11) is 0. The van der Waals surface area contributed by atoms with Crippen molar-refractivity contribution in [3.05, 3.63) is 78.6 Å². The lowest BCUT2D eigenvalue weighted by atomic mass is 10.0. The van der Waals surface area contributed by atoms with Crippen LogP contribution in [0.3, 0.4) is 0 Å². The zero-order chi connectivity index (χ0) is 23.2. The number of benzene rings is 2. The fourth-order valence-corrected chi connectivity index (χ4v) is 4.05. The quantitative estimate of drug-likeness (QED) is 0.234. The molecule has 1 aliphatic carbocycles. The van der Waals surface area contributed by atoms with Crippen molar-refractivity contribution >= 4 is 40.7 Å². The van der Waals surface area contributed by atoms with Crippen LogP contribution in [0.4, 0.5) is 39.4 Å². The van der Waals surface area contributed by atoms with Crippen LogP contribution in [0.25, 0.3) is 0 Å². The number of carbonyl (C=O) groups excluding carboxylic acids is 1. The number of carbonyl (C=O) groups is 1. The van der Waals surface area contributed by atoms with Crippen molar-refractivity contribution in [3.8, 4) is 0 Å². The number of hydrogen-bond donors (Lipinski definition) is 5. The second-order valence-electron chi connectivity index (χ2n) is 8.23. The Morgan fingerprint density at radius 2 is 1.53 bits per heavy atom. The fourth-order valence-electron chi connectivity index (χ4n) is 4.05. The minimum Gasteiger partial charge on any atom is -0.324 e. The van der Waals surface area contributed by atoms with E-state index in [2.05, 4.69) is 47.5 Å². The maximum Gasteiger partial charge on any atom is 0.323 e. The van der Waals surface area contributed by atoms with Gasteiger partial charge in [0.1, 0.15) is 5.82 Å². The van der Waals surface area contributed by atoms with E-state index in [9.17, 15) is 4.79 Å². The zero-order valence-electron chi connectivity index (χ0n) is 18.6. The Kier molecular flexibility index (Phi) is 6.33. The minimum absolute atomic E-state index is 0.302. The van der Waals surface area contributed by atoms with Crippen LogP contribution in [0.5, 0.6) is 0 Å². The third kappa shape index (κ3) is 5.50. The predicted molar refractivity (Wildman–Crippen MR) is 134 cm³/mol. The molecule has 0 aliphatic heterocycles. The lowest BCUT2D eigenvalue weighted by Gasteiger charge is -2.10. The van der Waals surface area contributed by atoms with Crippen LogP contribution in [-0.4, -0.2) is 26.2 Å². The number of H-pyrrole nitrogens is 1. The van der Waals surface area contributed by atoms with Gasteiger partial charge in [-0.15, -0.1) is 0 Å². The van der Waals surface area contributed by atoms with Crippen LogP contribution in [0, 0.1) is 0 Å². The molecule has 5 N–H and O–H groups in total. The zero-order valence-corrected chi connectivity index (χ0v) is 18.6. The van der Waals surface area contributed by atoms with E-state index >= 15 is 0 Å². The monoisotopic (exact) mass is 454 g/mol. The van der Waals surface area contributed by atoms with Gasteiger partial charge in [0.2, 0.25) is 5.95 Å². The minimum atomic E-state index is -0.302. The van der Waals surface area contributed by atoms with Gasteiger partial charge in [0.25, 0.3) is 0 Å². The van der Waals surface area contributed by atoms with E-state index in [4.69, 9.17) is 0 Å². The first kappa shape index (κ1) is 21.4. The number of para-hydroxylation sites is 1. The van der Waals surface area contributed by atoms with Crippen LogP contribution in [0.1, 0.15) is 37.3 Å². The van der Waals surface area contributed by atoms with E-state index in [1.807, 2.05) is 54.6 Å². The Morgan fingerprint density at radius 1 is 0.824 bits per heavy atom. The molecule has 0 radical (unpaired) electrons. The number of nitrogens with zero attached hydrogens (tertiary/aromatic N) is 3. The van der Waals surface area contributed by atoms with E-state index in [-0.39, 0.29) is 6.03 Å². The highest BCUT2D eigenvalue weighted by Crippen LogP contribution is 2.34. The average Bonchev–Trinajstić information content (AvgIpc) is 3.54. The van der Waals surface area contributed by atoms with Crippen LogP contribution in [-0.2, 0) is 0 Å². The lowest BCUT2D eigenvalue weighted by Crippen LogP contribution is -2.19. The lowest BCUT2D eigenvalue weighted by molar-refractivity contribution is 0.262. The van der Waals surface area contributed by atoms with E-state index < -0.39 is 0 Å². The molecule has 2 heterocycles. The molecule has 1 aliphatic rings. The second-order valence-corrected chi connectivity index (χ2v) is 8.23. The summed E-state index contributed by atoms with van der Waals surface area (Å²) in [5.74, 6) is 2.43. The molecule has 0 atom stereocenters. The Balaban J connectivity index is 1.17. The highest BCUT2D eigenvalue weighted by Gasteiger charge is 2.19. The molecule has 9 heteroatoms. The Labute approximate surface area is 197 Å². The highest BCUT2D eigenvalue weighted by atomic mass is 16.2. The summed E-state index contributed by atoms with van der Waals surface area (Å²) in [5, 5.41) is 19.5. The topological polar surface area (TPSA) is 120 Å². The van der Waals surface area contributed by atoms with Crippen molar-refractivity contribution in [1.82, 2.24) is 20.2 Å². The van der Waals surface area contributed by atoms with E-state index in [1.165, 1.54) is 31.4 Å². The average molecular weight is 455 g/mol. The van der Waals surface area contributed by atoms with E-state index in [0.29, 0.717) is 23.4 Å². The molecule has 0 saturated heterocycles. The molecule has 5 rings (SSSR count).